The van der Waals surface area contributed by atoms with Crippen LogP contribution in [-0.2, 0) is 9.59 Å². The molecule has 9 nitrogen and oxygen atoms in total. The summed E-state index contributed by atoms with van der Waals surface area (Å²) in [5.74, 6) is -1.24. The van der Waals surface area contributed by atoms with E-state index in [4.69, 9.17) is 0 Å². The Bertz CT molecular complexity index is 1200. The number of likely N-dealkylation sites (tertiary alicyclic amines) is 1. The first kappa shape index (κ1) is 24.8. The standard InChI is InChI=1S/C24H29FN6O3S/c1-3-15-7-4-5-10-31(15)20(32)11-18(29-24(34)19-12-26-13-35-19)23(33)27-14(2)22-28-17-9-6-8-16(25)21(17)30-22/h6,8-9,12-15,18H,3-5,7,10-11H2,1-2H3,(H,27,33)(H,28,30)(H,29,34)/t14?,15-,18?/m0/s1. The van der Waals surface area contributed by atoms with Crippen molar-refractivity contribution in [3.8, 4) is 0 Å². The summed E-state index contributed by atoms with van der Waals surface area (Å²) in [7, 11) is 0. The van der Waals surface area contributed by atoms with Crippen molar-refractivity contribution in [3.05, 3.63) is 46.4 Å². The summed E-state index contributed by atoms with van der Waals surface area (Å²) in [4.78, 5) is 52.5. The molecule has 1 aliphatic rings. The van der Waals surface area contributed by atoms with Gasteiger partial charge < -0.3 is 20.5 Å². The Labute approximate surface area is 206 Å². The first-order chi connectivity index (χ1) is 16.9. The molecule has 0 radical (unpaired) electrons. The topological polar surface area (TPSA) is 120 Å². The number of para-hydroxylation sites is 1. The van der Waals surface area contributed by atoms with Gasteiger partial charge in [-0.3, -0.25) is 19.4 Å². The number of H-pyrrole nitrogens is 1. The summed E-state index contributed by atoms with van der Waals surface area (Å²) >= 11 is 1.15. The van der Waals surface area contributed by atoms with Crippen molar-refractivity contribution in [1.82, 2.24) is 30.5 Å². The summed E-state index contributed by atoms with van der Waals surface area (Å²) in [5, 5.41) is 5.50. The highest BCUT2D eigenvalue weighted by Gasteiger charge is 2.32. The number of nitrogens with zero attached hydrogens (tertiary/aromatic N) is 3. The molecule has 3 N–H and O–H groups in total. The predicted molar refractivity (Wildman–Crippen MR) is 130 cm³/mol. The maximum atomic E-state index is 14.0. The lowest BCUT2D eigenvalue weighted by Crippen LogP contribution is -2.51. The van der Waals surface area contributed by atoms with Crippen LogP contribution in [0.25, 0.3) is 11.0 Å². The Morgan fingerprint density at radius 2 is 2.11 bits per heavy atom. The molecular weight excluding hydrogens is 471 g/mol. The number of piperidine rings is 1. The number of benzene rings is 1. The number of carbonyl (C=O) groups excluding carboxylic acids is 3. The van der Waals surface area contributed by atoms with Gasteiger partial charge in [0.1, 0.15) is 22.3 Å². The summed E-state index contributed by atoms with van der Waals surface area (Å²) in [6.07, 6.45) is 5.03. The number of halogens is 1. The minimum absolute atomic E-state index is 0.140. The van der Waals surface area contributed by atoms with Gasteiger partial charge in [0.05, 0.1) is 29.7 Å². The molecule has 0 saturated carbocycles. The van der Waals surface area contributed by atoms with Crippen molar-refractivity contribution in [2.75, 3.05) is 6.54 Å². The number of hydrogen-bond acceptors (Lipinski definition) is 6. The van der Waals surface area contributed by atoms with Gasteiger partial charge in [0.2, 0.25) is 11.8 Å². The summed E-state index contributed by atoms with van der Waals surface area (Å²) in [6, 6.07) is 3.04. The normalized spacial score (nSPS) is 17.7. The van der Waals surface area contributed by atoms with Crippen LogP contribution in [0.4, 0.5) is 4.39 Å². The first-order valence-corrected chi connectivity index (χ1v) is 12.7. The van der Waals surface area contributed by atoms with Crippen LogP contribution in [0.5, 0.6) is 0 Å². The summed E-state index contributed by atoms with van der Waals surface area (Å²) < 4.78 is 14.0. The maximum absolute atomic E-state index is 14.0. The number of thiazole rings is 1. The lowest BCUT2D eigenvalue weighted by atomic mass is 9.99. The van der Waals surface area contributed by atoms with Gasteiger partial charge in [-0.15, -0.1) is 11.3 Å². The van der Waals surface area contributed by atoms with Gasteiger partial charge in [-0.2, -0.15) is 0 Å². The molecule has 2 aromatic heterocycles. The zero-order valence-electron chi connectivity index (χ0n) is 19.7. The molecule has 1 aromatic carbocycles. The van der Waals surface area contributed by atoms with Crippen LogP contribution in [-0.4, -0.2) is 56.2 Å². The number of fused-ring (bicyclic) bond motifs is 1. The quantitative estimate of drug-likeness (QED) is 0.438. The van der Waals surface area contributed by atoms with Gasteiger partial charge in [-0.25, -0.2) is 9.37 Å². The summed E-state index contributed by atoms with van der Waals surface area (Å²) in [6.45, 7) is 4.40. The zero-order valence-corrected chi connectivity index (χ0v) is 20.5. The van der Waals surface area contributed by atoms with Crippen LogP contribution in [0.1, 0.15) is 67.5 Å². The monoisotopic (exact) mass is 500 g/mol. The van der Waals surface area contributed by atoms with E-state index in [1.54, 1.807) is 19.1 Å². The van der Waals surface area contributed by atoms with Crippen LogP contribution in [0.15, 0.2) is 29.9 Å². The number of aromatic nitrogens is 3. The smallest absolute Gasteiger partial charge is 0.263 e. The average molecular weight is 501 g/mol. The molecule has 1 aliphatic heterocycles. The Morgan fingerprint density at radius 3 is 2.83 bits per heavy atom. The van der Waals surface area contributed by atoms with E-state index in [9.17, 15) is 18.8 Å². The zero-order chi connectivity index (χ0) is 24.9. The lowest BCUT2D eigenvalue weighted by molar-refractivity contribution is -0.138. The third kappa shape index (κ3) is 5.67. The molecule has 3 heterocycles. The second kappa shape index (κ2) is 10.9. The Hall–Kier alpha value is -3.34. The van der Waals surface area contributed by atoms with E-state index < -0.39 is 29.7 Å². The third-order valence-electron chi connectivity index (χ3n) is 6.33. The predicted octanol–water partition coefficient (Wildman–Crippen LogP) is 3.32. The molecule has 0 bridgehead atoms. The Balaban J connectivity index is 1.50. The highest BCUT2D eigenvalue weighted by molar-refractivity contribution is 7.11. The fourth-order valence-corrected chi connectivity index (χ4v) is 4.94. The Morgan fingerprint density at radius 1 is 1.29 bits per heavy atom. The van der Waals surface area contributed by atoms with E-state index in [0.717, 1.165) is 37.0 Å². The summed E-state index contributed by atoms with van der Waals surface area (Å²) in [5.41, 5.74) is 2.23. The highest BCUT2D eigenvalue weighted by atomic mass is 32.1. The molecule has 3 atom stereocenters. The van der Waals surface area contributed by atoms with Gasteiger partial charge >= 0.3 is 0 Å². The van der Waals surface area contributed by atoms with Crippen molar-refractivity contribution in [3.63, 3.8) is 0 Å². The molecule has 4 rings (SSSR count). The van der Waals surface area contributed by atoms with Crippen LogP contribution in [0.2, 0.25) is 0 Å². The van der Waals surface area contributed by atoms with Crippen molar-refractivity contribution < 1.29 is 18.8 Å². The molecule has 186 valence electrons. The molecule has 1 fully saturated rings. The van der Waals surface area contributed by atoms with Crippen molar-refractivity contribution in [2.45, 2.75) is 64.1 Å². The second-order valence-corrected chi connectivity index (χ2v) is 9.62. The fourth-order valence-electron chi connectivity index (χ4n) is 4.42. The minimum atomic E-state index is -1.08. The van der Waals surface area contributed by atoms with Gasteiger partial charge in [0, 0.05) is 12.6 Å². The van der Waals surface area contributed by atoms with E-state index in [1.807, 2.05) is 11.8 Å². The van der Waals surface area contributed by atoms with Crippen LogP contribution in [0.3, 0.4) is 0 Å². The van der Waals surface area contributed by atoms with E-state index in [1.165, 1.54) is 17.8 Å². The fraction of sp³-hybridized carbons (Fsp3) is 0.458. The van der Waals surface area contributed by atoms with E-state index in [0.29, 0.717) is 22.8 Å². The van der Waals surface area contributed by atoms with E-state index in [-0.39, 0.29) is 23.9 Å². The van der Waals surface area contributed by atoms with Gasteiger partial charge in [0.15, 0.2) is 5.82 Å². The van der Waals surface area contributed by atoms with Gasteiger partial charge in [-0.05, 0) is 44.7 Å². The molecule has 3 aromatic rings. The third-order valence-corrected chi connectivity index (χ3v) is 7.10. The van der Waals surface area contributed by atoms with Crippen LogP contribution < -0.4 is 10.6 Å². The molecule has 0 aliphatic carbocycles. The number of rotatable bonds is 8. The number of aromatic amines is 1. The molecule has 11 heteroatoms. The highest BCUT2D eigenvalue weighted by Crippen LogP contribution is 2.22. The largest absolute Gasteiger partial charge is 0.345 e. The molecule has 35 heavy (non-hydrogen) atoms. The molecule has 2 unspecified atom stereocenters. The van der Waals surface area contributed by atoms with Crippen molar-refractivity contribution in [1.29, 1.82) is 0 Å². The van der Waals surface area contributed by atoms with Gasteiger partial charge in [-0.1, -0.05) is 13.0 Å². The molecule has 0 spiro atoms. The van der Waals surface area contributed by atoms with Crippen molar-refractivity contribution >= 4 is 40.1 Å². The second-order valence-electron chi connectivity index (χ2n) is 8.73. The SMILES string of the molecule is CC[C@H]1CCCCN1C(=O)CC(NC(=O)c1cncs1)C(=O)NC(C)c1nc2c(F)cccc2[nH]1. The number of imidazole rings is 1. The number of carbonyl (C=O) groups is 3. The van der Waals surface area contributed by atoms with Crippen LogP contribution >= 0.6 is 11.3 Å². The number of hydrogen-bond donors (Lipinski definition) is 3. The van der Waals surface area contributed by atoms with Gasteiger partial charge in [0.25, 0.3) is 5.91 Å². The van der Waals surface area contributed by atoms with E-state index >= 15 is 0 Å². The Kier molecular flexibility index (Phi) is 7.74. The number of nitrogens with one attached hydrogen (secondary N) is 3. The minimum Gasteiger partial charge on any atom is -0.345 e. The molecular formula is C24H29FN6O3S. The molecule has 3 amide bonds. The molecule has 1 saturated heterocycles. The van der Waals surface area contributed by atoms with Crippen molar-refractivity contribution in [2.24, 2.45) is 0 Å². The first-order valence-electron chi connectivity index (χ1n) is 11.8. The van der Waals surface area contributed by atoms with Crippen LogP contribution in [0, 0.1) is 5.82 Å². The van der Waals surface area contributed by atoms with E-state index in [2.05, 4.69) is 25.6 Å². The number of amides is 3. The average Bonchev–Trinajstić information content (AvgIpc) is 3.54. The lowest BCUT2D eigenvalue weighted by Gasteiger charge is -2.36. The maximum Gasteiger partial charge on any atom is 0.263 e.